The van der Waals surface area contributed by atoms with Gasteiger partial charge in [0.25, 0.3) is 0 Å². The lowest BCUT2D eigenvalue weighted by atomic mass is 9.93. The minimum Gasteiger partial charge on any atom is -0.478 e. The van der Waals surface area contributed by atoms with Crippen molar-refractivity contribution in [2.24, 2.45) is 0 Å². The molecule has 0 saturated carbocycles. The number of furan rings is 1. The van der Waals surface area contributed by atoms with Crippen LogP contribution in [0.5, 0.6) is 0 Å². The summed E-state index contributed by atoms with van der Waals surface area (Å²) in [5.41, 5.74) is 3.44. The number of carbonyl (C=O) groups is 2. The number of hydrogen-bond acceptors (Lipinski definition) is 6. The molecular formula is C22H20F3N3O5. The van der Waals surface area contributed by atoms with Gasteiger partial charge in [-0.05, 0) is 48.7 Å². The number of aryl methyl sites for hydroxylation is 1. The van der Waals surface area contributed by atoms with Crippen LogP contribution in [0.15, 0.2) is 47.3 Å². The molecular weight excluding hydrogens is 443 g/mol. The van der Waals surface area contributed by atoms with E-state index < -0.39 is 18.1 Å². The number of aromatic nitrogens is 2. The van der Waals surface area contributed by atoms with E-state index in [-0.39, 0.29) is 0 Å². The molecule has 0 bridgehead atoms. The maximum Gasteiger partial charge on any atom is 0.490 e. The lowest BCUT2D eigenvalue weighted by Crippen LogP contribution is -2.31. The van der Waals surface area contributed by atoms with E-state index in [0.29, 0.717) is 30.8 Å². The number of pyridine rings is 2. The molecule has 0 unspecified atom stereocenters. The van der Waals surface area contributed by atoms with Crippen molar-refractivity contribution in [3.05, 3.63) is 71.1 Å². The van der Waals surface area contributed by atoms with E-state index in [2.05, 4.69) is 14.9 Å². The fourth-order valence-corrected chi connectivity index (χ4v) is 3.48. The van der Waals surface area contributed by atoms with Gasteiger partial charge in [-0.3, -0.25) is 14.9 Å². The van der Waals surface area contributed by atoms with Crippen molar-refractivity contribution in [2.45, 2.75) is 32.6 Å². The molecule has 33 heavy (non-hydrogen) atoms. The van der Waals surface area contributed by atoms with Crippen molar-refractivity contribution < 1.29 is 37.4 Å². The number of hydrogen-bond donors (Lipinski definition) is 2. The number of aliphatic carboxylic acids is 1. The second-order valence-electron chi connectivity index (χ2n) is 7.30. The van der Waals surface area contributed by atoms with Crippen molar-refractivity contribution in [1.82, 2.24) is 14.9 Å². The van der Waals surface area contributed by atoms with E-state index in [1.54, 1.807) is 30.7 Å². The van der Waals surface area contributed by atoms with Crippen molar-refractivity contribution >= 4 is 11.9 Å². The topological polar surface area (TPSA) is 117 Å². The number of halogens is 3. The highest BCUT2D eigenvalue weighted by Crippen LogP contribution is 2.30. The molecule has 4 rings (SSSR count). The Hall–Kier alpha value is -3.73. The van der Waals surface area contributed by atoms with Crippen LogP contribution >= 0.6 is 0 Å². The summed E-state index contributed by atoms with van der Waals surface area (Å²) in [6.45, 7) is 4.09. The van der Waals surface area contributed by atoms with E-state index in [4.69, 9.17) is 14.3 Å². The van der Waals surface area contributed by atoms with Crippen LogP contribution in [0.3, 0.4) is 0 Å². The smallest absolute Gasteiger partial charge is 0.478 e. The molecule has 1 aliphatic heterocycles. The number of alkyl halides is 3. The minimum absolute atomic E-state index is 0.308. The maximum absolute atomic E-state index is 12.0. The molecule has 3 aromatic rings. The molecule has 11 heteroatoms. The predicted molar refractivity (Wildman–Crippen MR) is 109 cm³/mol. The summed E-state index contributed by atoms with van der Waals surface area (Å²) in [7, 11) is 0. The Morgan fingerprint density at radius 3 is 2.36 bits per heavy atom. The predicted octanol–water partition coefficient (Wildman–Crippen LogP) is 3.93. The average Bonchev–Trinajstić information content (AvgIpc) is 3.17. The van der Waals surface area contributed by atoms with E-state index >= 15 is 0 Å². The number of nitrogens with zero attached hydrogens (tertiary/aromatic N) is 3. The SMILES string of the molecule is Cc1ccc(CN2CCc3c(cnc(-c4ccncc4)c3C(=O)O)C2)o1.O=C(O)C(F)(F)F. The van der Waals surface area contributed by atoms with Crippen LogP contribution in [0.1, 0.15) is 33.0 Å². The third-order valence-electron chi connectivity index (χ3n) is 4.93. The number of fused-ring (bicyclic) bond motifs is 1. The molecule has 0 aliphatic carbocycles. The van der Waals surface area contributed by atoms with Gasteiger partial charge in [-0.25, -0.2) is 9.59 Å². The number of rotatable bonds is 4. The zero-order valence-corrected chi connectivity index (χ0v) is 17.5. The average molecular weight is 463 g/mol. The summed E-state index contributed by atoms with van der Waals surface area (Å²) in [6, 6.07) is 7.52. The highest BCUT2D eigenvalue weighted by atomic mass is 19.4. The Morgan fingerprint density at radius 2 is 1.82 bits per heavy atom. The van der Waals surface area contributed by atoms with E-state index in [9.17, 15) is 23.1 Å². The first kappa shape index (κ1) is 23.9. The lowest BCUT2D eigenvalue weighted by molar-refractivity contribution is -0.192. The number of carboxylic acid groups (broad SMARTS) is 2. The van der Waals surface area contributed by atoms with Gasteiger partial charge in [-0.1, -0.05) is 0 Å². The molecule has 0 amide bonds. The number of aromatic carboxylic acids is 1. The monoisotopic (exact) mass is 463 g/mol. The van der Waals surface area contributed by atoms with Gasteiger partial charge in [0, 0.05) is 37.2 Å². The molecule has 0 radical (unpaired) electrons. The summed E-state index contributed by atoms with van der Waals surface area (Å²) in [5, 5.41) is 16.9. The summed E-state index contributed by atoms with van der Waals surface area (Å²) in [6.07, 6.45) is 0.693. The molecule has 0 saturated heterocycles. The Balaban J connectivity index is 0.000000383. The van der Waals surface area contributed by atoms with Gasteiger partial charge in [0.1, 0.15) is 11.5 Å². The third kappa shape index (κ3) is 5.95. The molecule has 174 valence electrons. The van der Waals surface area contributed by atoms with Crippen LogP contribution in [0.4, 0.5) is 13.2 Å². The molecule has 1 aliphatic rings. The third-order valence-corrected chi connectivity index (χ3v) is 4.93. The zero-order valence-electron chi connectivity index (χ0n) is 17.5. The number of carboxylic acids is 2. The van der Waals surface area contributed by atoms with Crippen molar-refractivity contribution in [3.8, 4) is 11.3 Å². The van der Waals surface area contributed by atoms with Gasteiger partial charge >= 0.3 is 18.1 Å². The van der Waals surface area contributed by atoms with Gasteiger partial charge in [0.05, 0.1) is 17.8 Å². The molecule has 8 nitrogen and oxygen atoms in total. The molecule has 2 N–H and O–H groups in total. The summed E-state index contributed by atoms with van der Waals surface area (Å²) < 4.78 is 37.4. The highest BCUT2D eigenvalue weighted by molar-refractivity contribution is 5.96. The normalized spacial score (nSPS) is 13.6. The van der Waals surface area contributed by atoms with Gasteiger partial charge < -0.3 is 14.6 Å². The van der Waals surface area contributed by atoms with Gasteiger partial charge in [-0.15, -0.1) is 0 Å². The Bertz CT molecular complexity index is 1150. The Labute approximate surface area is 186 Å². The van der Waals surface area contributed by atoms with Crippen LogP contribution < -0.4 is 0 Å². The van der Waals surface area contributed by atoms with Crippen LogP contribution in [0.25, 0.3) is 11.3 Å². The molecule has 0 atom stereocenters. The van der Waals surface area contributed by atoms with Crippen molar-refractivity contribution in [2.75, 3.05) is 6.54 Å². The first-order valence-corrected chi connectivity index (χ1v) is 9.78. The zero-order chi connectivity index (χ0) is 24.2. The largest absolute Gasteiger partial charge is 0.490 e. The van der Waals surface area contributed by atoms with Crippen LogP contribution in [-0.2, 0) is 24.3 Å². The van der Waals surface area contributed by atoms with Crippen LogP contribution in [0, 0.1) is 6.92 Å². The van der Waals surface area contributed by atoms with Gasteiger partial charge in [-0.2, -0.15) is 13.2 Å². The lowest BCUT2D eigenvalue weighted by Gasteiger charge is -2.29. The first-order chi connectivity index (χ1) is 15.6. The van der Waals surface area contributed by atoms with Crippen molar-refractivity contribution in [3.63, 3.8) is 0 Å². The Morgan fingerprint density at radius 1 is 1.15 bits per heavy atom. The summed E-state index contributed by atoms with van der Waals surface area (Å²) in [5.74, 6) is -1.87. The van der Waals surface area contributed by atoms with Crippen LogP contribution in [-0.4, -0.2) is 49.7 Å². The van der Waals surface area contributed by atoms with E-state index in [0.717, 1.165) is 34.8 Å². The first-order valence-electron chi connectivity index (χ1n) is 9.78. The summed E-state index contributed by atoms with van der Waals surface area (Å²) in [4.78, 5) is 31.6. The summed E-state index contributed by atoms with van der Waals surface area (Å²) >= 11 is 0. The van der Waals surface area contributed by atoms with Gasteiger partial charge in [0.2, 0.25) is 0 Å². The molecule has 4 heterocycles. The minimum atomic E-state index is -5.08. The fourth-order valence-electron chi connectivity index (χ4n) is 3.48. The standard InChI is InChI=1S/C20H19N3O3.C2HF3O2/c1-13-2-3-16(26-13)12-23-9-6-17-15(11-23)10-22-19(18(17)20(24)25)14-4-7-21-8-5-14;3-2(4,5)1(6)7/h2-5,7-8,10H,6,9,11-12H2,1H3,(H,24,25);(H,6,7). The maximum atomic E-state index is 12.0. The molecule has 0 spiro atoms. The second kappa shape index (κ2) is 9.82. The van der Waals surface area contributed by atoms with Crippen molar-refractivity contribution in [1.29, 1.82) is 0 Å². The second-order valence-corrected chi connectivity index (χ2v) is 7.30. The molecule has 3 aromatic heterocycles. The molecule has 0 fully saturated rings. The van der Waals surface area contributed by atoms with Gasteiger partial charge in [0.15, 0.2) is 0 Å². The fraction of sp³-hybridized carbons (Fsp3) is 0.273. The molecule has 0 aromatic carbocycles. The van der Waals surface area contributed by atoms with E-state index in [1.807, 2.05) is 19.1 Å². The highest BCUT2D eigenvalue weighted by Gasteiger charge is 2.38. The van der Waals surface area contributed by atoms with Crippen LogP contribution in [0.2, 0.25) is 0 Å². The quantitative estimate of drug-likeness (QED) is 0.598. The van der Waals surface area contributed by atoms with E-state index in [1.165, 1.54) is 0 Å². The Kier molecular flexibility index (Phi) is 7.12.